The first-order valence-electron chi connectivity index (χ1n) is 13.3. The zero-order chi connectivity index (χ0) is 28.8. The lowest BCUT2D eigenvalue weighted by atomic mass is 10.0. The summed E-state index contributed by atoms with van der Waals surface area (Å²) in [5, 5.41) is 0. The number of halogens is 3. The van der Waals surface area contributed by atoms with E-state index in [0.717, 1.165) is 12.4 Å². The Kier molecular flexibility index (Phi) is 8.06. The van der Waals surface area contributed by atoms with E-state index in [1.807, 2.05) is 16.7 Å². The summed E-state index contributed by atoms with van der Waals surface area (Å²) in [6.07, 6.45) is -2.47. The van der Waals surface area contributed by atoms with Crippen LogP contribution in [0.5, 0.6) is 0 Å². The number of anilines is 1. The third-order valence-electron chi connectivity index (χ3n) is 7.33. The number of likely N-dealkylation sites (tertiary alicyclic amines) is 1. The highest BCUT2D eigenvalue weighted by Crippen LogP contribution is 2.35. The van der Waals surface area contributed by atoms with Crippen LogP contribution >= 0.6 is 0 Å². The Morgan fingerprint density at radius 3 is 2.28 bits per heavy atom. The topological polar surface area (TPSA) is 97.3 Å². The molecule has 3 atom stereocenters. The van der Waals surface area contributed by atoms with Crippen LogP contribution in [0, 0.1) is 0 Å². The summed E-state index contributed by atoms with van der Waals surface area (Å²) >= 11 is 0. The fourth-order valence-corrected chi connectivity index (χ4v) is 5.49. The number of nitrogens with zero attached hydrogens (tertiary/aromatic N) is 5. The predicted molar refractivity (Wildman–Crippen MR) is 135 cm³/mol. The number of ether oxygens (including phenoxy) is 3. The summed E-state index contributed by atoms with van der Waals surface area (Å²) in [7, 11) is 0. The molecular weight excluding hydrogens is 519 g/mol. The zero-order valence-corrected chi connectivity index (χ0v) is 23.3. The highest BCUT2D eigenvalue weighted by molar-refractivity contribution is 5.83. The van der Waals surface area contributed by atoms with Crippen molar-refractivity contribution in [1.82, 2.24) is 19.8 Å². The molecule has 0 aliphatic carbocycles. The van der Waals surface area contributed by atoms with Gasteiger partial charge < -0.3 is 24.0 Å². The van der Waals surface area contributed by atoms with E-state index in [0.29, 0.717) is 38.9 Å². The van der Waals surface area contributed by atoms with Gasteiger partial charge in [0, 0.05) is 44.5 Å². The average Bonchev–Trinajstić information content (AvgIpc) is 3.30. The van der Waals surface area contributed by atoms with Gasteiger partial charge in [-0.3, -0.25) is 9.69 Å². The SMILES string of the molecule is C[C@H]1OC(C)(C)N(C(=O)OC(C)(C)C)[C@@H]1COC1CCN(C2CCN(c3ncc(C(F)(F)F)cn3)CC2)C1=O. The molecule has 0 radical (unpaired) electrons. The molecule has 1 unspecified atom stereocenters. The van der Waals surface area contributed by atoms with Gasteiger partial charge in [-0.2, -0.15) is 13.2 Å². The second kappa shape index (κ2) is 10.7. The largest absolute Gasteiger partial charge is 0.444 e. The van der Waals surface area contributed by atoms with Crippen LogP contribution in [0.3, 0.4) is 0 Å². The molecule has 3 aliphatic heterocycles. The molecule has 3 saturated heterocycles. The molecule has 0 N–H and O–H groups in total. The maximum Gasteiger partial charge on any atom is 0.419 e. The van der Waals surface area contributed by atoms with Gasteiger partial charge in [0.2, 0.25) is 5.95 Å². The maximum atomic E-state index is 13.2. The fourth-order valence-electron chi connectivity index (χ4n) is 5.49. The van der Waals surface area contributed by atoms with Crippen molar-refractivity contribution in [1.29, 1.82) is 0 Å². The average molecular weight is 558 g/mol. The summed E-state index contributed by atoms with van der Waals surface area (Å²) in [5.74, 6) is 0.162. The van der Waals surface area contributed by atoms with Crippen LogP contribution in [-0.4, -0.2) is 93.6 Å². The van der Waals surface area contributed by atoms with Gasteiger partial charge >= 0.3 is 12.3 Å². The third kappa shape index (κ3) is 6.56. The molecule has 4 rings (SSSR count). The Bertz CT molecular complexity index is 1040. The van der Waals surface area contributed by atoms with Crippen molar-refractivity contribution in [3.05, 3.63) is 18.0 Å². The van der Waals surface area contributed by atoms with Crippen molar-refractivity contribution in [2.24, 2.45) is 0 Å². The molecule has 3 aliphatic rings. The minimum atomic E-state index is -4.48. The Morgan fingerprint density at radius 1 is 1.10 bits per heavy atom. The zero-order valence-electron chi connectivity index (χ0n) is 23.3. The van der Waals surface area contributed by atoms with Crippen LogP contribution in [0.2, 0.25) is 0 Å². The number of piperidine rings is 1. The second-order valence-electron chi connectivity index (χ2n) is 11.8. The summed E-state index contributed by atoms with van der Waals surface area (Å²) in [4.78, 5) is 39.2. The molecule has 0 saturated carbocycles. The second-order valence-corrected chi connectivity index (χ2v) is 11.8. The fraction of sp³-hybridized carbons (Fsp3) is 0.769. The first-order chi connectivity index (χ1) is 18.1. The highest BCUT2D eigenvalue weighted by atomic mass is 19.4. The van der Waals surface area contributed by atoms with Gasteiger partial charge in [-0.1, -0.05) is 0 Å². The van der Waals surface area contributed by atoms with E-state index in [1.54, 1.807) is 39.5 Å². The number of hydrogen-bond donors (Lipinski definition) is 0. The van der Waals surface area contributed by atoms with Crippen LogP contribution in [0.1, 0.15) is 66.4 Å². The van der Waals surface area contributed by atoms with Crippen molar-refractivity contribution in [2.75, 3.05) is 31.1 Å². The van der Waals surface area contributed by atoms with E-state index in [9.17, 15) is 22.8 Å². The smallest absolute Gasteiger partial charge is 0.419 e. The lowest BCUT2D eigenvalue weighted by Crippen LogP contribution is -2.52. The molecule has 0 spiro atoms. The normalized spacial score (nSPS) is 26.4. The van der Waals surface area contributed by atoms with Gasteiger partial charge in [-0.05, 0) is 54.4 Å². The summed E-state index contributed by atoms with van der Waals surface area (Å²) in [6, 6.07) is -0.411. The minimum absolute atomic E-state index is 0.00253. The Balaban J connectivity index is 1.31. The molecule has 39 heavy (non-hydrogen) atoms. The lowest BCUT2D eigenvalue weighted by molar-refractivity contribution is -0.140. The van der Waals surface area contributed by atoms with Gasteiger partial charge in [0.25, 0.3) is 5.91 Å². The van der Waals surface area contributed by atoms with Crippen molar-refractivity contribution >= 4 is 17.9 Å². The minimum Gasteiger partial charge on any atom is -0.444 e. The van der Waals surface area contributed by atoms with E-state index in [1.165, 1.54) is 0 Å². The van der Waals surface area contributed by atoms with Crippen molar-refractivity contribution in [3.8, 4) is 0 Å². The highest BCUT2D eigenvalue weighted by Gasteiger charge is 2.50. The van der Waals surface area contributed by atoms with Crippen molar-refractivity contribution in [2.45, 2.75) is 103 Å². The number of amides is 2. The van der Waals surface area contributed by atoms with E-state index in [2.05, 4.69) is 9.97 Å². The summed E-state index contributed by atoms with van der Waals surface area (Å²) in [5.41, 5.74) is -2.43. The van der Waals surface area contributed by atoms with Crippen LogP contribution in [0.25, 0.3) is 0 Å². The molecular formula is C26H38F3N5O5. The third-order valence-corrected chi connectivity index (χ3v) is 7.33. The quantitative estimate of drug-likeness (QED) is 0.539. The predicted octanol–water partition coefficient (Wildman–Crippen LogP) is 3.84. The molecule has 1 aromatic heterocycles. The standard InChI is InChI=1S/C26H38F3N5O5/c1-16-19(34(25(5,6)38-16)23(36)39-24(2,3)4)15-37-20-9-12-33(21(20)35)18-7-10-32(11-8-18)22-30-13-17(14-31-22)26(27,28)29/h13-14,16,18-20H,7-12,15H2,1-6H3/t16-,19-,20?/m1/s1. The molecule has 218 valence electrons. The molecule has 0 bridgehead atoms. The van der Waals surface area contributed by atoms with Gasteiger partial charge in [-0.15, -0.1) is 0 Å². The van der Waals surface area contributed by atoms with Crippen LogP contribution in [0.15, 0.2) is 12.4 Å². The van der Waals surface area contributed by atoms with Crippen LogP contribution < -0.4 is 4.90 Å². The monoisotopic (exact) mass is 557 g/mol. The molecule has 4 heterocycles. The number of carbonyl (C=O) groups excluding carboxylic acids is 2. The Hall–Kier alpha value is -2.67. The first-order valence-corrected chi connectivity index (χ1v) is 13.3. The van der Waals surface area contributed by atoms with Crippen molar-refractivity contribution in [3.63, 3.8) is 0 Å². The number of hydrogen-bond acceptors (Lipinski definition) is 8. The summed E-state index contributed by atoms with van der Waals surface area (Å²) in [6.45, 7) is 12.6. The van der Waals surface area contributed by atoms with Gasteiger partial charge in [0.05, 0.1) is 24.3 Å². The van der Waals surface area contributed by atoms with Crippen LogP contribution in [0.4, 0.5) is 23.9 Å². The molecule has 10 nitrogen and oxygen atoms in total. The van der Waals surface area contributed by atoms with E-state index in [4.69, 9.17) is 14.2 Å². The molecule has 3 fully saturated rings. The Morgan fingerprint density at radius 2 is 1.72 bits per heavy atom. The lowest BCUT2D eigenvalue weighted by Gasteiger charge is -2.37. The molecule has 13 heteroatoms. The molecule has 2 amide bonds. The van der Waals surface area contributed by atoms with E-state index >= 15 is 0 Å². The van der Waals surface area contributed by atoms with Gasteiger partial charge in [-0.25, -0.2) is 14.8 Å². The maximum absolute atomic E-state index is 13.2. The number of rotatable bonds is 5. The van der Waals surface area contributed by atoms with Crippen LogP contribution in [-0.2, 0) is 25.2 Å². The van der Waals surface area contributed by atoms with Gasteiger partial charge in [0.15, 0.2) is 0 Å². The number of alkyl halides is 3. The van der Waals surface area contributed by atoms with Gasteiger partial charge in [0.1, 0.15) is 17.4 Å². The Labute approximate surface area is 226 Å². The first kappa shape index (κ1) is 29.3. The molecule has 1 aromatic rings. The van der Waals surface area contributed by atoms with Crippen molar-refractivity contribution < 1.29 is 37.0 Å². The summed E-state index contributed by atoms with van der Waals surface area (Å²) < 4.78 is 56.1. The molecule has 0 aromatic carbocycles. The van der Waals surface area contributed by atoms with E-state index < -0.39 is 41.3 Å². The van der Waals surface area contributed by atoms with E-state index in [-0.39, 0.29) is 30.6 Å². The number of carbonyl (C=O) groups is 2. The number of aromatic nitrogens is 2.